The fourth-order valence-electron chi connectivity index (χ4n) is 5.48. The molecule has 1 saturated carbocycles. The molecule has 6 nitrogen and oxygen atoms in total. The van der Waals surface area contributed by atoms with Crippen molar-refractivity contribution in [3.63, 3.8) is 0 Å². The lowest BCUT2D eigenvalue weighted by molar-refractivity contribution is -0.131. The van der Waals surface area contributed by atoms with Crippen molar-refractivity contribution in [2.45, 2.75) is 71.1 Å². The lowest BCUT2D eigenvalue weighted by Crippen LogP contribution is -2.38. The van der Waals surface area contributed by atoms with Crippen molar-refractivity contribution in [1.29, 1.82) is 5.26 Å². The maximum atomic E-state index is 13.3. The third-order valence-corrected chi connectivity index (χ3v) is 7.92. The predicted molar refractivity (Wildman–Crippen MR) is 136 cm³/mol. The average Bonchev–Trinajstić information content (AvgIpc) is 3.25. The summed E-state index contributed by atoms with van der Waals surface area (Å²) in [5, 5.41) is 16.6. The zero-order valence-electron chi connectivity index (χ0n) is 20.9. The van der Waals surface area contributed by atoms with Gasteiger partial charge in [-0.3, -0.25) is 9.89 Å². The number of H-pyrrole nitrogens is 1. The molecule has 0 atom stereocenters. The van der Waals surface area contributed by atoms with E-state index < -0.39 is 0 Å². The van der Waals surface area contributed by atoms with Crippen molar-refractivity contribution in [3.05, 3.63) is 69.5 Å². The number of aromatic amines is 1. The van der Waals surface area contributed by atoms with Gasteiger partial charge < -0.3 is 4.90 Å². The molecule has 1 aliphatic heterocycles. The van der Waals surface area contributed by atoms with Gasteiger partial charge in [-0.15, -0.1) is 0 Å². The van der Waals surface area contributed by atoms with Crippen LogP contribution in [0.15, 0.2) is 30.3 Å². The van der Waals surface area contributed by atoms with Crippen LogP contribution in [0, 0.1) is 32.1 Å². The maximum Gasteiger partial charge on any atom is 0.227 e. The van der Waals surface area contributed by atoms with Crippen molar-refractivity contribution < 1.29 is 4.79 Å². The van der Waals surface area contributed by atoms with Gasteiger partial charge in [0.2, 0.25) is 5.91 Å². The molecule has 0 radical (unpaired) electrons. The van der Waals surface area contributed by atoms with Crippen molar-refractivity contribution in [2.75, 3.05) is 13.1 Å². The van der Waals surface area contributed by atoms with Crippen LogP contribution in [0.25, 0.3) is 11.4 Å². The van der Waals surface area contributed by atoms with Crippen LogP contribution in [0.1, 0.15) is 83.1 Å². The number of carbonyl (C=O) groups is 1. The van der Waals surface area contributed by atoms with E-state index in [0.717, 1.165) is 59.8 Å². The highest BCUT2D eigenvalue weighted by molar-refractivity contribution is 5.80. The lowest BCUT2D eigenvalue weighted by atomic mass is 9.77. The molecule has 2 aliphatic rings. The molecule has 1 aliphatic carbocycles. The number of hydrogen-bond acceptors (Lipinski definition) is 4. The van der Waals surface area contributed by atoms with E-state index in [4.69, 9.17) is 0 Å². The maximum absolute atomic E-state index is 13.3. The van der Waals surface area contributed by atoms with Crippen LogP contribution in [-0.4, -0.2) is 39.1 Å². The molecule has 0 bridgehead atoms. The van der Waals surface area contributed by atoms with E-state index in [2.05, 4.69) is 52.4 Å². The molecule has 5 rings (SSSR count). The monoisotopic (exact) mass is 467 g/mol. The number of nitriles is 1. The third-order valence-electron chi connectivity index (χ3n) is 7.92. The van der Waals surface area contributed by atoms with Crippen molar-refractivity contribution in [1.82, 2.24) is 20.1 Å². The number of aromatic nitrogens is 3. The third kappa shape index (κ3) is 4.73. The summed E-state index contributed by atoms with van der Waals surface area (Å²) in [6.45, 7) is 7.58. The number of rotatable bonds is 5. The highest BCUT2D eigenvalue weighted by atomic mass is 16.2. The summed E-state index contributed by atoms with van der Waals surface area (Å²) < 4.78 is 0. The molecule has 3 aromatic rings. The molecule has 0 spiro atoms. The Morgan fingerprint density at radius 3 is 2.43 bits per heavy atom. The number of likely N-dealkylation sites (tertiary alicyclic amines) is 1. The van der Waals surface area contributed by atoms with E-state index in [1.807, 2.05) is 24.8 Å². The van der Waals surface area contributed by atoms with E-state index in [9.17, 15) is 10.1 Å². The number of piperidine rings is 1. The van der Waals surface area contributed by atoms with E-state index >= 15 is 0 Å². The minimum Gasteiger partial charge on any atom is -0.342 e. The molecular weight excluding hydrogens is 434 g/mol. The van der Waals surface area contributed by atoms with Crippen molar-refractivity contribution in [2.24, 2.45) is 0 Å². The van der Waals surface area contributed by atoms with Crippen LogP contribution in [0.4, 0.5) is 0 Å². The van der Waals surface area contributed by atoms with Crippen LogP contribution in [0.5, 0.6) is 0 Å². The molecule has 1 aromatic heterocycles. The summed E-state index contributed by atoms with van der Waals surface area (Å²) in [4.78, 5) is 19.9. The van der Waals surface area contributed by atoms with Crippen LogP contribution in [0.3, 0.4) is 0 Å². The van der Waals surface area contributed by atoms with Gasteiger partial charge in [-0.1, -0.05) is 24.6 Å². The summed E-state index contributed by atoms with van der Waals surface area (Å²) in [5.41, 5.74) is 7.69. The average molecular weight is 468 g/mol. The summed E-state index contributed by atoms with van der Waals surface area (Å²) in [5.74, 6) is 2.73. The van der Waals surface area contributed by atoms with Gasteiger partial charge in [-0.05, 0) is 98.2 Å². The van der Waals surface area contributed by atoms with Crippen molar-refractivity contribution >= 4 is 5.91 Å². The zero-order chi connectivity index (χ0) is 24.5. The minimum absolute atomic E-state index is 0.191. The molecule has 2 aromatic carbocycles. The number of hydrogen-bond donors (Lipinski definition) is 1. The fourth-order valence-corrected chi connectivity index (χ4v) is 5.48. The summed E-state index contributed by atoms with van der Waals surface area (Å²) in [6.07, 6.45) is 6.02. The topological polar surface area (TPSA) is 85.7 Å². The first-order valence-electron chi connectivity index (χ1n) is 12.7. The molecule has 180 valence electrons. The Hall–Kier alpha value is -3.46. The minimum atomic E-state index is 0.191. The molecule has 2 heterocycles. The van der Waals surface area contributed by atoms with E-state index in [1.54, 1.807) is 0 Å². The molecule has 0 unspecified atom stereocenters. The van der Waals surface area contributed by atoms with Crippen LogP contribution in [0.2, 0.25) is 0 Å². The highest BCUT2D eigenvalue weighted by Gasteiger charge is 2.27. The Bertz CT molecular complexity index is 1290. The number of nitrogens with zero attached hydrogens (tertiary/aromatic N) is 4. The summed E-state index contributed by atoms with van der Waals surface area (Å²) in [6, 6.07) is 12.8. The summed E-state index contributed by atoms with van der Waals surface area (Å²) in [7, 11) is 0. The second-order valence-electron chi connectivity index (χ2n) is 10.3. The summed E-state index contributed by atoms with van der Waals surface area (Å²) >= 11 is 0. The number of aryl methyl sites for hydroxylation is 3. The SMILES string of the molecule is Cc1nc(-c2cc(CC(=O)N3CCC(c4ccc(C#N)c(C)c4)CC3)c(C)cc2C2CCC2)n[nH]1. The van der Waals surface area contributed by atoms with Crippen LogP contribution < -0.4 is 0 Å². The normalized spacial score (nSPS) is 16.7. The molecule has 35 heavy (non-hydrogen) atoms. The number of carbonyl (C=O) groups excluding carboxylic acids is 1. The molecule has 1 saturated heterocycles. The first-order valence-corrected chi connectivity index (χ1v) is 12.7. The van der Waals surface area contributed by atoms with Gasteiger partial charge in [-0.2, -0.15) is 10.4 Å². The molecule has 2 fully saturated rings. The van der Waals surface area contributed by atoms with E-state index in [0.29, 0.717) is 18.3 Å². The lowest BCUT2D eigenvalue weighted by Gasteiger charge is -2.33. The van der Waals surface area contributed by atoms with E-state index in [1.165, 1.54) is 36.0 Å². The highest BCUT2D eigenvalue weighted by Crippen LogP contribution is 2.41. The Morgan fingerprint density at radius 1 is 1.06 bits per heavy atom. The van der Waals surface area contributed by atoms with Gasteiger partial charge in [0.1, 0.15) is 5.82 Å². The first-order chi connectivity index (χ1) is 16.9. The van der Waals surface area contributed by atoms with Gasteiger partial charge in [0.15, 0.2) is 5.82 Å². The van der Waals surface area contributed by atoms with Gasteiger partial charge in [0, 0.05) is 18.7 Å². The Morgan fingerprint density at radius 2 is 1.83 bits per heavy atom. The van der Waals surface area contributed by atoms with Crippen LogP contribution >= 0.6 is 0 Å². The Labute approximate surface area is 207 Å². The second kappa shape index (κ2) is 9.65. The predicted octanol–water partition coefficient (Wildman–Crippen LogP) is 5.48. The van der Waals surface area contributed by atoms with Crippen molar-refractivity contribution in [3.8, 4) is 17.5 Å². The quantitative estimate of drug-likeness (QED) is 0.538. The van der Waals surface area contributed by atoms with Gasteiger partial charge in [0.05, 0.1) is 18.1 Å². The fraction of sp³-hybridized carbons (Fsp3) is 0.448. The standard InChI is InChI=1S/C29H33N5O/c1-18-13-23(7-8-24(18)17-30)21-9-11-34(12-10-21)28(35)16-25-15-27(29-31-20(3)32-33-29)26(14-19(25)2)22-5-4-6-22/h7-8,13-15,21-22H,4-6,9-12,16H2,1-3H3,(H,31,32,33). The Balaban J connectivity index is 1.29. The first kappa shape index (κ1) is 23.3. The smallest absolute Gasteiger partial charge is 0.227 e. The van der Waals surface area contributed by atoms with E-state index in [-0.39, 0.29) is 5.91 Å². The number of nitrogens with one attached hydrogen (secondary N) is 1. The van der Waals surface area contributed by atoms with Gasteiger partial charge >= 0.3 is 0 Å². The van der Waals surface area contributed by atoms with Crippen LogP contribution in [-0.2, 0) is 11.2 Å². The largest absolute Gasteiger partial charge is 0.342 e. The second-order valence-corrected chi connectivity index (χ2v) is 10.3. The molecule has 6 heteroatoms. The van der Waals surface area contributed by atoms with Gasteiger partial charge in [-0.25, -0.2) is 4.98 Å². The Kier molecular flexibility index (Phi) is 6.42. The molecule has 1 amide bonds. The molecular formula is C29H33N5O. The van der Waals surface area contributed by atoms with Gasteiger partial charge in [0.25, 0.3) is 0 Å². The number of amides is 1. The molecule has 1 N–H and O–H groups in total. The zero-order valence-corrected chi connectivity index (χ0v) is 20.9. The number of benzene rings is 2.